The Bertz CT molecular complexity index is 234. The van der Waals surface area contributed by atoms with Crippen molar-refractivity contribution in [2.75, 3.05) is 6.54 Å². The first-order chi connectivity index (χ1) is 5.97. The second-order valence-corrected chi connectivity index (χ2v) is 2.81. The molecule has 0 heterocycles. The molecular weight excluding hydrogens is 183 g/mol. The number of hydrogen-bond donors (Lipinski definition) is 1. The van der Waals surface area contributed by atoms with Crippen LogP contribution >= 0.6 is 0 Å². The van der Waals surface area contributed by atoms with Gasteiger partial charge in [-0.2, -0.15) is 0 Å². The van der Waals surface area contributed by atoms with Crippen molar-refractivity contribution in [3.8, 4) is 0 Å². The van der Waals surface area contributed by atoms with E-state index in [9.17, 15) is 13.2 Å². The van der Waals surface area contributed by atoms with Gasteiger partial charge >= 0.3 is 6.36 Å². The van der Waals surface area contributed by atoms with Crippen LogP contribution in [0.2, 0.25) is 0 Å². The van der Waals surface area contributed by atoms with Crippen molar-refractivity contribution in [2.45, 2.75) is 18.4 Å². The van der Waals surface area contributed by atoms with E-state index >= 15 is 0 Å². The minimum absolute atomic E-state index is 0.152. The van der Waals surface area contributed by atoms with Gasteiger partial charge in [0, 0.05) is 6.54 Å². The maximum absolute atomic E-state index is 11.9. The highest BCUT2D eigenvalue weighted by molar-refractivity contribution is 5.19. The number of rotatable bonds is 2. The molecule has 2 N–H and O–H groups in total. The van der Waals surface area contributed by atoms with E-state index in [4.69, 9.17) is 5.73 Å². The molecule has 1 unspecified atom stereocenters. The monoisotopic (exact) mass is 193 g/mol. The molecule has 2 nitrogen and oxygen atoms in total. The topological polar surface area (TPSA) is 35.2 Å². The summed E-state index contributed by atoms with van der Waals surface area (Å²) >= 11 is 0. The lowest BCUT2D eigenvalue weighted by molar-refractivity contribution is -0.356. The van der Waals surface area contributed by atoms with Crippen LogP contribution in [0.25, 0.3) is 0 Å². The predicted molar refractivity (Wildman–Crippen MR) is 41.8 cm³/mol. The van der Waals surface area contributed by atoms with Gasteiger partial charge in [-0.05, 0) is 6.42 Å². The van der Waals surface area contributed by atoms with Gasteiger partial charge in [0.25, 0.3) is 0 Å². The minimum Gasteiger partial charge on any atom is -0.327 e. The SMILES string of the molecule is NCC1(OC(F)(F)F)C=CC=CC1. The van der Waals surface area contributed by atoms with E-state index in [2.05, 4.69) is 4.74 Å². The zero-order valence-corrected chi connectivity index (χ0v) is 6.84. The Labute approximate surface area is 73.9 Å². The van der Waals surface area contributed by atoms with Crippen molar-refractivity contribution >= 4 is 0 Å². The largest absolute Gasteiger partial charge is 0.523 e. The molecule has 1 aliphatic carbocycles. The molecule has 74 valence electrons. The van der Waals surface area contributed by atoms with E-state index < -0.39 is 12.0 Å². The zero-order valence-electron chi connectivity index (χ0n) is 6.84. The summed E-state index contributed by atoms with van der Waals surface area (Å²) in [5.74, 6) is 0. The highest BCUT2D eigenvalue weighted by Crippen LogP contribution is 2.30. The molecule has 0 amide bonds. The van der Waals surface area contributed by atoms with Gasteiger partial charge in [0.05, 0.1) is 0 Å². The summed E-state index contributed by atoms with van der Waals surface area (Å²) in [6.45, 7) is -0.187. The first-order valence-corrected chi connectivity index (χ1v) is 3.79. The molecular formula is C8H10F3NO. The summed E-state index contributed by atoms with van der Waals surface area (Å²) in [6.07, 6.45) is 1.60. The van der Waals surface area contributed by atoms with Crippen LogP contribution in [0.15, 0.2) is 24.3 Å². The minimum atomic E-state index is -4.64. The number of halogens is 3. The van der Waals surface area contributed by atoms with Gasteiger partial charge in [-0.3, -0.25) is 4.74 Å². The van der Waals surface area contributed by atoms with Gasteiger partial charge in [0.1, 0.15) is 5.60 Å². The van der Waals surface area contributed by atoms with Crippen molar-refractivity contribution in [1.29, 1.82) is 0 Å². The number of hydrogen-bond acceptors (Lipinski definition) is 2. The summed E-state index contributed by atoms with van der Waals surface area (Å²) in [6, 6.07) is 0. The summed E-state index contributed by atoms with van der Waals surface area (Å²) in [7, 11) is 0. The first kappa shape index (κ1) is 10.3. The molecule has 0 fully saturated rings. The molecule has 0 bridgehead atoms. The van der Waals surface area contributed by atoms with Crippen LogP contribution in [0.4, 0.5) is 13.2 Å². The van der Waals surface area contributed by atoms with E-state index in [1.165, 1.54) is 12.2 Å². The fraction of sp³-hybridized carbons (Fsp3) is 0.500. The van der Waals surface area contributed by atoms with Crippen molar-refractivity contribution in [3.05, 3.63) is 24.3 Å². The molecule has 0 aliphatic heterocycles. The van der Waals surface area contributed by atoms with E-state index in [0.29, 0.717) is 0 Å². The fourth-order valence-corrected chi connectivity index (χ4v) is 1.14. The maximum Gasteiger partial charge on any atom is 0.523 e. The average Bonchev–Trinajstić information content (AvgIpc) is 2.03. The van der Waals surface area contributed by atoms with E-state index in [1.54, 1.807) is 12.2 Å². The second kappa shape index (κ2) is 3.51. The smallest absolute Gasteiger partial charge is 0.327 e. The first-order valence-electron chi connectivity index (χ1n) is 3.79. The molecule has 0 spiro atoms. The van der Waals surface area contributed by atoms with Crippen LogP contribution in [0.1, 0.15) is 6.42 Å². The Morgan fingerprint density at radius 2 is 2.08 bits per heavy atom. The average molecular weight is 193 g/mol. The zero-order chi connectivity index (χ0) is 9.95. The molecule has 1 rings (SSSR count). The summed E-state index contributed by atoms with van der Waals surface area (Å²) in [4.78, 5) is 0. The van der Waals surface area contributed by atoms with Crippen molar-refractivity contribution < 1.29 is 17.9 Å². The molecule has 0 aromatic carbocycles. The molecule has 0 saturated carbocycles. The Morgan fingerprint density at radius 1 is 1.38 bits per heavy atom. The number of nitrogens with two attached hydrogens (primary N) is 1. The summed E-state index contributed by atoms with van der Waals surface area (Å²) < 4.78 is 39.8. The van der Waals surface area contributed by atoms with Crippen molar-refractivity contribution in [2.24, 2.45) is 5.73 Å². The van der Waals surface area contributed by atoms with Crippen LogP contribution in [-0.4, -0.2) is 18.5 Å². The molecule has 1 atom stereocenters. The molecule has 0 aromatic rings. The highest BCUT2D eigenvalue weighted by Gasteiger charge is 2.41. The van der Waals surface area contributed by atoms with E-state index in [1.807, 2.05) is 0 Å². The highest BCUT2D eigenvalue weighted by atomic mass is 19.4. The Morgan fingerprint density at radius 3 is 2.46 bits per heavy atom. The Hall–Kier alpha value is -0.810. The van der Waals surface area contributed by atoms with E-state index in [0.717, 1.165) is 0 Å². The lowest BCUT2D eigenvalue weighted by Gasteiger charge is -2.30. The van der Waals surface area contributed by atoms with Gasteiger partial charge in [-0.1, -0.05) is 24.3 Å². The lowest BCUT2D eigenvalue weighted by atomic mass is 9.95. The quantitative estimate of drug-likeness (QED) is 0.724. The second-order valence-electron chi connectivity index (χ2n) is 2.81. The van der Waals surface area contributed by atoms with Crippen LogP contribution in [0, 0.1) is 0 Å². The third kappa shape index (κ3) is 2.86. The van der Waals surface area contributed by atoms with Crippen molar-refractivity contribution in [3.63, 3.8) is 0 Å². The summed E-state index contributed by atoms with van der Waals surface area (Å²) in [5.41, 5.74) is 3.83. The standard InChI is InChI=1S/C8H10F3NO/c9-8(10,11)13-7(6-12)4-2-1-3-5-7/h1-4H,5-6,12H2. The molecule has 0 saturated heterocycles. The molecule has 1 aliphatic rings. The Balaban J connectivity index is 2.71. The molecule has 0 radical (unpaired) electrons. The lowest BCUT2D eigenvalue weighted by Crippen LogP contribution is -2.43. The van der Waals surface area contributed by atoms with Crippen LogP contribution in [0.5, 0.6) is 0 Å². The number of alkyl halides is 3. The fourth-order valence-electron chi connectivity index (χ4n) is 1.14. The third-order valence-corrected chi connectivity index (χ3v) is 1.78. The van der Waals surface area contributed by atoms with Gasteiger partial charge < -0.3 is 5.73 Å². The number of ether oxygens (including phenoxy) is 1. The molecule has 13 heavy (non-hydrogen) atoms. The van der Waals surface area contributed by atoms with Gasteiger partial charge in [0.2, 0.25) is 0 Å². The van der Waals surface area contributed by atoms with Crippen LogP contribution in [-0.2, 0) is 4.74 Å². The third-order valence-electron chi connectivity index (χ3n) is 1.78. The van der Waals surface area contributed by atoms with Gasteiger partial charge in [-0.15, -0.1) is 13.2 Å². The summed E-state index contributed by atoms with van der Waals surface area (Å²) in [5, 5.41) is 0. The van der Waals surface area contributed by atoms with Gasteiger partial charge in [0.15, 0.2) is 0 Å². The van der Waals surface area contributed by atoms with Crippen LogP contribution in [0.3, 0.4) is 0 Å². The maximum atomic E-state index is 11.9. The van der Waals surface area contributed by atoms with Crippen LogP contribution < -0.4 is 5.73 Å². The predicted octanol–water partition coefficient (Wildman–Crippen LogP) is 1.74. The normalized spacial score (nSPS) is 28.0. The van der Waals surface area contributed by atoms with E-state index in [-0.39, 0.29) is 13.0 Å². The van der Waals surface area contributed by atoms with Crippen molar-refractivity contribution in [1.82, 2.24) is 0 Å². The van der Waals surface area contributed by atoms with Gasteiger partial charge in [-0.25, -0.2) is 0 Å². The number of allylic oxidation sites excluding steroid dienone is 2. The molecule has 5 heteroatoms. The molecule has 0 aromatic heterocycles. The Kier molecular flexibility index (Phi) is 2.77.